The van der Waals surface area contributed by atoms with Crippen molar-refractivity contribution in [1.29, 1.82) is 0 Å². The molecule has 0 aromatic rings. The number of rotatable bonds is 9. The second kappa shape index (κ2) is 8.88. The topological polar surface area (TPSA) is 76.7 Å². The summed E-state index contributed by atoms with van der Waals surface area (Å²) < 4.78 is 9.57. The Morgan fingerprint density at radius 2 is 1.94 bits per heavy atom. The van der Waals surface area contributed by atoms with Crippen molar-refractivity contribution in [3.8, 4) is 0 Å². The summed E-state index contributed by atoms with van der Waals surface area (Å²) in [5.41, 5.74) is -0.955. The van der Waals surface area contributed by atoms with Gasteiger partial charge < -0.3 is 20.1 Å². The number of ether oxygens (including phenoxy) is 2. The van der Waals surface area contributed by atoms with Gasteiger partial charge in [-0.1, -0.05) is 13.3 Å². The molecular weight excluding hydrogens is 236 g/mol. The molecule has 18 heavy (non-hydrogen) atoms. The van der Waals surface area contributed by atoms with Crippen molar-refractivity contribution in [2.75, 3.05) is 33.9 Å². The summed E-state index contributed by atoms with van der Waals surface area (Å²) in [4.78, 5) is 23.4. The van der Waals surface area contributed by atoms with Crippen molar-refractivity contribution >= 4 is 11.9 Å². The van der Waals surface area contributed by atoms with Gasteiger partial charge >= 0.3 is 5.97 Å². The van der Waals surface area contributed by atoms with E-state index in [9.17, 15) is 9.59 Å². The van der Waals surface area contributed by atoms with Crippen LogP contribution in [0.4, 0.5) is 0 Å². The molecule has 2 N–H and O–H groups in total. The average molecular weight is 260 g/mol. The lowest BCUT2D eigenvalue weighted by Gasteiger charge is -2.27. The normalized spacial score (nSPS) is 13.8. The summed E-state index contributed by atoms with van der Waals surface area (Å²) in [6.07, 6.45) is 1.33. The summed E-state index contributed by atoms with van der Waals surface area (Å²) in [5, 5.41) is 5.62. The van der Waals surface area contributed by atoms with E-state index < -0.39 is 11.5 Å². The second-order valence-electron chi connectivity index (χ2n) is 4.29. The minimum Gasteiger partial charge on any atom is -0.467 e. The third-order valence-electron chi connectivity index (χ3n) is 2.57. The van der Waals surface area contributed by atoms with Crippen molar-refractivity contribution in [3.63, 3.8) is 0 Å². The molecule has 0 saturated carbocycles. The maximum Gasteiger partial charge on any atom is 0.331 e. The van der Waals surface area contributed by atoms with Crippen LogP contribution in [0.25, 0.3) is 0 Å². The molecule has 1 atom stereocenters. The van der Waals surface area contributed by atoms with Crippen molar-refractivity contribution in [3.05, 3.63) is 0 Å². The van der Waals surface area contributed by atoms with Gasteiger partial charge in [-0.15, -0.1) is 0 Å². The van der Waals surface area contributed by atoms with Gasteiger partial charge in [0.25, 0.3) is 0 Å². The number of carbonyl (C=O) groups excluding carboxylic acids is 2. The first-order valence-corrected chi connectivity index (χ1v) is 6.09. The highest BCUT2D eigenvalue weighted by atomic mass is 16.5. The first kappa shape index (κ1) is 16.9. The Kier molecular flexibility index (Phi) is 8.32. The van der Waals surface area contributed by atoms with Crippen LogP contribution < -0.4 is 10.6 Å². The van der Waals surface area contributed by atoms with Crippen LogP contribution in [0.3, 0.4) is 0 Å². The predicted octanol–water partition coefficient (Wildman–Crippen LogP) is 0.0704. The van der Waals surface area contributed by atoms with Crippen LogP contribution in [-0.4, -0.2) is 51.3 Å². The molecule has 0 spiro atoms. The van der Waals surface area contributed by atoms with Crippen LogP contribution in [-0.2, 0) is 19.1 Å². The number of carbonyl (C=O) groups is 2. The fraction of sp³-hybridized carbons (Fsp3) is 0.833. The van der Waals surface area contributed by atoms with Gasteiger partial charge in [-0.25, -0.2) is 4.79 Å². The molecule has 0 fully saturated rings. The molecule has 0 aromatic heterocycles. The summed E-state index contributed by atoms with van der Waals surface area (Å²) in [7, 11) is 2.91. The van der Waals surface area contributed by atoms with Crippen molar-refractivity contribution in [1.82, 2.24) is 10.6 Å². The van der Waals surface area contributed by atoms with E-state index in [1.807, 2.05) is 6.92 Å². The fourth-order valence-corrected chi connectivity index (χ4v) is 1.67. The molecule has 1 unspecified atom stereocenters. The smallest absolute Gasteiger partial charge is 0.331 e. The van der Waals surface area contributed by atoms with Crippen LogP contribution in [0.15, 0.2) is 0 Å². The van der Waals surface area contributed by atoms with Gasteiger partial charge in [0.1, 0.15) is 5.54 Å². The predicted molar refractivity (Wildman–Crippen MR) is 68.2 cm³/mol. The fourth-order valence-electron chi connectivity index (χ4n) is 1.67. The van der Waals surface area contributed by atoms with E-state index in [1.165, 1.54) is 7.11 Å². The molecule has 0 aromatic carbocycles. The van der Waals surface area contributed by atoms with Crippen molar-refractivity contribution < 1.29 is 19.1 Å². The summed E-state index contributed by atoms with van der Waals surface area (Å²) in [5.74, 6) is -0.651. The first-order chi connectivity index (χ1) is 8.50. The van der Waals surface area contributed by atoms with E-state index in [0.29, 0.717) is 19.6 Å². The highest BCUT2D eigenvalue weighted by Crippen LogP contribution is 2.13. The monoisotopic (exact) mass is 260 g/mol. The molecule has 1 amide bonds. The summed E-state index contributed by atoms with van der Waals surface area (Å²) in [6, 6.07) is 0. The highest BCUT2D eigenvalue weighted by molar-refractivity contribution is 5.88. The number of methoxy groups -OCH3 is 2. The van der Waals surface area contributed by atoms with Gasteiger partial charge in [0.05, 0.1) is 20.3 Å². The average Bonchev–Trinajstić information content (AvgIpc) is 2.33. The zero-order valence-corrected chi connectivity index (χ0v) is 11.7. The zero-order valence-electron chi connectivity index (χ0n) is 11.7. The lowest BCUT2D eigenvalue weighted by molar-refractivity contribution is -0.150. The zero-order chi connectivity index (χ0) is 14.0. The van der Waals surface area contributed by atoms with Crippen molar-refractivity contribution in [2.24, 2.45) is 0 Å². The minimum absolute atomic E-state index is 0.152. The van der Waals surface area contributed by atoms with Crippen LogP contribution in [0.1, 0.15) is 26.7 Å². The van der Waals surface area contributed by atoms with Crippen molar-refractivity contribution in [2.45, 2.75) is 32.2 Å². The Bertz CT molecular complexity index is 271. The van der Waals surface area contributed by atoms with E-state index in [1.54, 1.807) is 14.0 Å². The lowest BCUT2D eigenvalue weighted by atomic mass is 9.96. The molecule has 0 rings (SSSR count). The Morgan fingerprint density at radius 1 is 1.28 bits per heavy atom. The summed E-state index contributed by atoms with van der Waals surface area (Å²) in [6.45, 7) is 4.91. The number of hydrogen-bond acceptors (Lipinski definition) is 5. The Labute approximate surface area is 108 Å². The molecule has 0 aliphatic heterocycles. The molecule has 0 aliphatic carbocycles. The highest BCUT2D eigenvalue weighted by Gasteiger charge is 2.34. The number of amides is 1. The van der Waals surface area contributed by atoms with E-state index in [0.717, 1.165) is 6.42 Å². The Balaban J connectivity index is 4.23. The number of esters is 1. The van der Waals surface area contributed by atoms with E-state index >= 15 is 0 Å². The maximum atomic E-state index is 11.7. The first-order valence-electron chi connectivity index (χ1n) is 6.09. The Morgan fingerprint density at radius 3 is 2.44 bits per heavy atom. The summed E-state index contributed by atoms with van der Waals surface area (Å²) >= 11 is 0. The third kappa shape index (κ3) is 5.97. The molecule has 0 saturated heterocycles. The quantitative estimate of drug-likeness (QED) is 0.453. The molecule has 0 radical (unpaired) electrons. The van der Waals surface area contributed by atoms with Crippen LogP contribution in [0.2, 0.25) is 0 Å². The van der Waals surface area contributed by atoms with Crippen LogP contribution >= 0.6 is 0 Å². The van der Waals surface area contributed by atoms with E-state index in [2.05, 4.69) is 10.6 Å². The van der Waals surface area contributed by atoms with Gasteiger partial charge in [-0.2, -0.15) is 0 Å². The largest absolute Gasteiger partial charge is 0.467 e. The molecule has 0 heterocycles. The molecular formula is C12H24N2O4. The molecule has 0 aliphatic rings. The molecule has 6 nitrogen and oxygen atoms in total. The number of nitrogens with one attached hydrogen (secondary N) is 2. The van der Waals surface area contributed by atoms with Crippen LogP contribution in [0.5, 0.6) is 0 Å². The van der Waals surface area contributed by atoms with Gasteiger partial charge in [0.15, 0.2) is 0 Å². The van der Waals surface area contributed by atoms with Gasteiger partial charge in [0, 0.05) is 13.7 Å². The van der Waals surface area contributed by atoms with Gasteiger partial charge in [-0.05, 0) is 13.3 Å². The third-order valence-corrected chi connectivity index (χ3v) is 2.57. The van der Waals surface area contributed by atoms with Gasteiger partial charge in [-0.3, -0.25) is 4.79 Å². The second-order valence-corrected chi connectivity index (χ2v) is 4.29. The van der Waals surface area contributed by atoms with Crippen LogP contribution in [0, 0.1) is 0 Å². The van der Waals surface area contributed by atoms with E-state index in [4.69, 9.17) is 9.47 Å². The molecule has 6 heteroatoms. The van der Waals surface area contributed by atoms with Gasteiger partial charge in [0.2, 0.25) is 5.91 Å². The SMILES string of the molecule is CCCC(C)(NC(=O)CNCCOC)C(=O)OC. The standard InChI is InChI=1S/C12H24N2O4/c1-5-6-12(2,11(16)18-4)14-10(15)9-13-7-8-17-3/h13H,5-9H2,1-4H3,(H,14,15). The molecule has 106 valence electrons. The number of hydrogen-bond donors (Lipinski definition) is 2. The molecule has 0 bridgehead atoms. The van der Waals surface area contributed by atoms with E-state index in [-0.39, 0.29) is 12.5 Å². The Hall–Kier alpha value is -1.14. The lowest BCUT2D eigenvalue weighted by Crippen LogP contribution is -2.54. The maximum absolute atomic E-state index is 11.7. The minimum atomic E-state index is -0.955.